The van der Waals surface area contributed by atoms with Gasteiger partial charge >= 0.3 is 6.18 Å². The average molecular weight is 380 g/mol. The van der Waals surface area contributed by atoms with Gasteiger partial charge in [-0.2, -0.15) is 13.2 Å². The highest BCUT2D eigenvalue weighted by molar-refractivity contribution is 5.57. The number of benzene rings is 1. The summed E-state index contributed by atoms with van der Waals surface area (Å²) in [5.74, 6) is -0.180. The van der Waals surface area contributed by atoms with E-state index < -0.39 is 17.8 Å². The zero-order valence-corrected chi connectivity index (χ0v) is 14.8. The lowest BCUT2D eigenvalue weighted by atomic mass is 10.2. The number of aliphatic hydroxyl groups is 1. The van der Waals surface area contributed by atoms with Gasteiger partial charge in [0.15, 0.2) is 0 Å². The number of nitrogens with one attached hydrogen (secondary N) is 2. The summed E-state index contributed by atoms with van der Waals surface area (Å²) in [7, 11) is 0. The minimum atomic E-state index is -4.44. The molecule has 0 bridgehead atoms. The highest BCUT2D eigenvalue weighted by Gasteiger charge is 2.33. The average Bonchev–Trinajstić information content (AvgIpc) is 3.04. The predicted octanol–water partition coefficient (Wildman–Crippen LogP) is 2.53. The third kappa shape index (κ3) is 5.11. The van der Waals surface area contributed by atoms with Crippen molar-refractivity contribution in [3.63, 3.8) is 0 Å². The Morgan fingerprint density at radius 1 is 1.15 bits per heavy atom. The Hall–Kier alpha value is -2.32. The lowest BCUT2D eigenvalue weighted by molar-refractivity contribution is -0.137. The molecule has 1 aromatic carbocycles. The number of para-hydroxylation sites is 1. The van der Waals surface area contributed by atoms with E-state index >= 15 is 0 Å². The smallest absolute Gasteiger partial charge is 0.390 e. The molecule has 2 aromatic rings. The van der Waals surface area contributed by atoms with E-state index in [0.29, 0.717) is 19.6 Å². The molecule has 1 aliphatic rings. The Morgan fingerprint density at radius 2 is 1.96 bits per heavy atom. The third-order valence-electron chi connectivity index (χ3n) is 4.50. The van der Waals surface area contributed by atoms with Crippen molar-refractivity contribution in [1.82, 2.24) is 10.3 Å². The second kappa shape index (κ2) is 8.58. The molecule has 8 heteroatoms. The van der Waals surface area contributed by atoms with E-state index in [-0.39, 0.29) is 12.4 Å². The third-order valence-corrected chi connectivity index (χ3v) is 4.50. The highest BCUT2D eigenvalue weighted by Crippen LogP contribution is 2.33. The van der Waals surface area contributed by atoms with Gasteiger partial charge in [-0.15, -0.1) is 0 Å². The lowest BCUT2D eigenvalue weighted by Gasteiger charge is -2.23. The predicted molar refractivity (Wildman–Crippen MR) is 99.0 cm³/mol. The van der Waals surface area contributed by atoms with Gasteiger partial charge in [0.2, 0.25) is 0 Å². The standard InChI is InChI=1S/C19H23F3N4O/c20-19(21,22)16-5-3-8-24-18(16)25-10-9-23-12-15(27)13-26-11-7-14-4-1-2-6-17(14)26/h1-6,8,15,23,27H,7,9-13H2,(H,24,25). The van der Waals surface area contributed by atoms with Gasteiger partial charge in [-0.05, 0) is 30.2 Å². The van der Waals surface area contributed by atoms with E-state index in [4.69, 9.17) is 0 Å². The summed E-state index contributed by atoms with van der Waals surface area (Å²) >= 11 is 0. The number of nitrogens with zero attached hydrogens (tertiary/aromatic N) is 2. The highest BCUT2D eigenvalue weighted by atomic mass is 19.4. The summed E-state index contributed by atoms with van der Waals surface area (Å²) in [6.07, 6.45) is -2.70. The molecule has 0 saturated heterocycles. The molecular weight excluding hydrogens is 357 g/mol. The van der Waals surface area contributed by atoms with Crippen LogP contribution in [0.15, 0.2) is 42.6 Å². The van der Waals surface area contributed by atoms with E-state index in [2.05, 4.69) is 32.7 Å². The monoisotopic (exact) mass is 380 g/mol. The van der Waals surface area contributed by atoms with Crippen LogP contribution in [0.4, 0.5) is 24.7 Å². The molecule has 0 fully saturated rings. The number of anilines is 2. The number of aromatic nitrogens is 1. The molecule has 5 nitrogen and oxygen atoms in total. The van der Waals surface area contributed by atoms with Crippen LogP contribution in [0.5, 0.6) is 0 Å². The first-order valence-electron chi connectivity index (χ1n) is 8.93. The maximum Gasteiger partial charge on any atom is 0.419 e. The van der Waals surface area contributed by atoms with Gasteiger partial charge in [0.1, 0.15) is 5.82 Å². The summed E-state index contributed by atoms with van der Waals surface area (Å²) in [6, 6.07) is 10.4. The summed E-state index contributed by atoms with van der Waals surface area (Å²) in [5.41, 5.74) is 1.67. The topological polar surface area (TPSA) is 60.4 Å². The molecule has 0 amide bonds. The number of β-amino-alcohol motifs (C(OH)–C–C–N with tert-alkyl or cyclic N) is 1. The molecule has 1 aromatic heterocycles. The number of rotatable bonds is 8. The largest absolute Gasteiger partial charge is 0.419 e. The van der Waals surface area contributed by atoms with Crippen LogP contribution in [-0.4, -0.2) is 48.9 Å². The van der Waals surface area contributed by atoms with Crippen LogP contribution in [0.2, 0.25) is 0 Å². The molecule has 1 unspecified atom stereocenters. The van der Waals surface area contributed by atoms with Crippen molar-refractivity contribution in [2.75, 3.05) is 42.9 Å². The summed E-state index contributed by atoms with van der Waals surface area (Å²) in [5, 5.41) is 16.0. The Bertz CT molecular complexity index is 754. The van der Waals surface area contributed by atoms with Crippen molar-refractivity contribution >= 4 is 11.5 Å². The van der Waals surface area contributed by atoms with Gasteiger partial charge in [-0.25, -0.2) is 4.98 Å². The Morgan fingerprint density at radius 3 is 2.78 bits per heavy atom. The quantitative estimate of drug-likeness (QED) is 0.615. The van der Waals surface area contributed by atoms with Crippen molar-refractivity contribution < 1.29 is 18.3 Å². The molecule has 1 atom stereocenters. The maximum atomic E-state index is 12.9. The zero-order valence-electron chi connectivity index (χ0n) is 14.8. The zero-order chi connectivity index (χ0) is 19.3. The molecule has 2 heterocycles. The van der Waals surface area contributed by atoms with Crippen molar-refractivity contribution in [2.24, 2.45) is 0 Å². The molecule has 3 rings (SSSR count). The van der Waals surface area contributed by atoms with E-state index in [9.17, 15) is 18.3 Å². The van der Waals surface area contributed by atoms with Crippen LogP contribution in [0.1, 0.15) is 11.1 Å². The molecule has 0 radical (unpaired) electrons. The van der Waals surface area contributed by atoms with Crippen LogP contribution in [0, 0.1) is 0 Å². The number of alkyl halides is 3. The number of fused-ring (bicyclic) bond motifs is 1. The van der Waals surface area contributed by atoms with Crippen LogP contribution in [-0.2, 0) is 12.6 Å². The second-order valence-electron chi connectivity index (χ2n) is 6.51. The molecule has 0 spiro atoms. The fourth-order valence-electron chi connectivity index (χ4n) is 3.23. The van der Waals surface area contributed by atoms with Crippen molar-refractivity contribution in [3.8, 4) is 0 Å². The Balaban J connectivity index is 1.39. The minimum absolute atomic E-state index is 0.180. The maximum absolute atomic E-state index is 12.9. The summed E-state index contributed by atoms with van der Waals surface area (Å²) in [6.45, 7) is 2.48. The van der Waals surface area contributed by atoms with E-state index in [0.717, 1.165) is 24.7 Å². The first-order valence-corrected chi connectivity index (χ1v) is 8.93. The number of hydrogen-bond acceptors (Lipinski definition) is 5. The number of hydrogen-bond donors (Lipinski definition) is 3. The van der Waals surface area contributed by atoms with Crippen molar-refractivity contribution in [2.45, 2.75) is 18.7 Å². The van der Waals surface area contributed by atoms with Crippen LogP contribution in [0.3, 0.4) is 0 Å². The molecule has 146 valence electrons. The first-order chi connectivity index (χ1) is 12.9. The van der Waals surface area contributed by atoms with Crippen LogP contribution < -0.4 is 15.5 Å². The van der Waals surface area contributed by atoms with Gasteiger partial charge in [-0.3, -0.25) is 0 Å². The molecule has 0 aliphatic carbocycles. The van der Waals surface area contributed by atoms with Gasteiger partial charge in [0.05, 0.1) is 11.7 Å². The van der Waals surface area contributed by atoms with E-state index in [1.807, 2.05) is 12.1 Å². The van der Waals surface area contributed by atoms with Gasteiger partial charge < -0.3 is 20.6 Å². The SMILES string of the molecule is OC(CNCCNc1ncccc1C(F)(F)F)CN1CCc2ccccc21. The number of aliphatic hydroxyl groups excluding tert-OH is 1. The Labute approximate surface area is 156 Å². The summed E-state index contributed by atoms with van der Waals surface area (Å²) < 4.78 is 38.7. The van der Waals surface area contributed by atoms with Crippen LogP contribution >= 0.6 is 0 Å². The minimum Gasteiger partial charge on any atom is -0.390 e. The van der Waals surface area contributed by atoms with Gasteiger partial charge in [0.25, 0.3) is 0 Å². The summed E-state index contributed by atoms with van der Waals surface area (Å²) in [4.78, 5) is 5.91. The first kappa shape index (κ1) is 19.4. The van der Waals surface area contributed by atoms with Crippen molar-refractivity contribution in [1.29, 1.82) is 0 Å². The molecule has 27 heavy (non-hydrogen) atoms. The molecule has 3 N–H and O–H groups in total. The second-order valence-corrected chi connectivity index (χ2v) is 6.51. The van der Waals surface area contributed by atoms with Gasteiger partial charge in [-0.1, -0.05) is 18.2 Å². The fraction of sp³-hybridized carbons (Fsp3) is 0.421. The number of halogens is 3. The fourth-order valence-corrected chi connectivity index (χ4v) is 3.23. The molecular formula is C19H23F3N4O. The number of pyridine rings is 1. The van der Waals surface area contributed by atoms with E-state index in [1.165, 1.54) is 17.8 Å². The lowest BCUT2D eigenvalue weighted by Crippen LogP contribution is -2.39. The molecule has 0 saturated carbocycles. The van der Waals surface area contributed by atoms with Crippen LogP contribution in [0.25, 0.3) is 0 Å². The van der Waals surface area contributed by atoms with Gasteiger partial charge in [0, 0.05) is 44.6 Å². The normalized spacial score (nSPS) is 14.9. The molecule has 1 aliphatic heterocycles. The Kier molecular flexibility index (Phi) is 6.18. The van der Waals surface area contributed by atoms with E-state index in [1.54, 1.807) is 0 Å². The van der Waals surface area contributed by atoms with Crippen molar-refractivity contribution in [3.05, 3.63) is 53.7 Å².